The van der Waals surface area contributed by atoms with Gasteiger partial charge >= 0.3 is 0 Å². The molecule has 22 heavy (non-hydrogen) atoms. The number of guanidine groups is 1. The summed E-state index contributed by atoms with van der Waals surface area (Å²) in [6.45, 7) is 1.29. The number of aliphatic imine (C=N–C) groups is 1. The van der Waals surface area contributed by atoms with Crippen LogP contribution in [0.5, 0.6) is 5.75 Å². The predicted molar refractivity (Wildman–Crippen MR) is 105 cm³/mol. The van der Waals surface area contributed by atoms with Gasteiger partial charge in [-0.1, -0.05) is 18.2 Å². The fraction of sp³-hybridized carbons (Fsp3) is 0.267. The van der Waals surface area contributed by atoms with Crippen molar-refractivity contribution >= 4 is 57.2 Å². The summed E-state index contributed by atoms with van der Waals surface area (Å²) in [7, 11) is 0. The molecule has 3 rings (SSSR count). The number of hydrogen-bond acceptors (Lipinski definition) is 3. The number of nitrogens with one attached hydrogen (secondary N) is 1. The van der Waals surface area contributed by atoms with Crippen molar-refractivity contribution in [1.82, 2.24) is 5.32 Å². The monoisotopic (exact) mass is 493 g/mol. The van der Waals surface area contributed by atoms with Crippen LogP contribution in [0.1, 0.15) is 22.9 Å². The van der Waals surface area contributed by atoms with E-state index >= 15 is 0 Å². The summed E-state index contributed by atoms with van der Waals surface area (Å²) in [5.41, 5.74) is 7.15. The highest BCUT2D eigenvalue weighted by atomic mass is 127. The van der Waals surface area contributed by atoms with Crippen LogP contribution in [0.25, 0.3) is 0 Å². The summed E-state index contributed by atoms with van der Waals surface area (Å²) in [6.07, 6.45) is 0.887. The summed E-state index contributed by atoms with van der Waals surface area (Å²) >= 11 is 5.12. The van der Waals surface area contributed by atoms with E-state index in [2.05, 4.69) is 38.4 Å². The van der Waals surface area contributed by atoms with E-state index in [4.69, 9.17) is 10.5 Å². The first-order chi connectivity index (χ1) is 10.2. The second-order valence-corrected chi connectivity index (χ2v) is 7.33. The third kappa shape index (κ3) is 4.36. The van der Waals surface area contributed by atoms with Gasteiger partial charge in [0.25, 0.3) is 0 Å². The van der Waals surface area contributed by atoms with Crippen LogP contribution in [0.4, 0.5) is 0 Å². The molecule has 0 spiro atoms. The molecule has 0 bridgehead atoms. The van der Waals surface area contributed by atoms with E-state index in [1.807, 2.05) is 24.3 Å². The van der Waals surface area contributed by atoms with Crippen molar-refractivity contribution in [3.05, 3.63) is 50.6 Å². The van der Waals surface area contributed by atoms with E-state index in [1.54, 1.807) is 11.3 Å². The number of thiophene rings is 1. The highest BCUT2D eigenvalue weighted by molar-refractivity contribution is 14.0. The number of nitrogens with two attached hydrogens (primary N) is 1. The van der Waals surface area contributed by atoms with Crippen LogP contribution in [0, 0.1) is 0 Å². The van der Waals surface area contributed by atoms with Crippen LogP contribution in [0.2, 0.25) is 0 Å². The highest BCUT2D eigenvalue weighted by Gasteiger charge is 2.21. The molecule has 1 aromatic carbocycles. The number of benzene rings is 1. The number of para-hydroxylation sites is 1. The molecule has 0 aliphatic carbocycles. The van der Waals surface area contributed by atoms with E-state index in [0.717, 1.165) is 21.5 Å². The average molecular weight is 494 g/mol. The number of hydrogen-bond donors (Lipinski definition) is 2. The van der Waals surface area contributed by atoms with Gasteiger partial charge in [0.05, 0.1) is 23.0 Å². The number of halogens is 2. The Balaban J connectivity index is 0.00000176. The molecule has 1 aromatic heterocycles. The Morgan fingerprint density at radius 3 is 2.95 bits per heavy atom. The van der Waals surface area contributed by atoms with Crippen molar-refractivity contribution in [1.29, 1.82) is 0 Å². The summed E-state index contributed by atoms with van der Waals surface area (Å²) in [6, 6.07) is 12.3. The zero-order valence-electron chi connectivity index (χ0n) is 11.8. The van der Waals surface area contributed by atoms with Gasteiger partial charge in [-0.05, 0) is 34.1 Å². The minimum atomic E-state index is 0. The van der Waals surface area contributed by atoms with E-state index in [-0.39, 0.29) is 30.0 Å². The Kier molecular flexibility index (Phi) is 6.51. The molecule has 0 radical (unpaired) electrons. The molecule has 1 atom stereocenters. The summed E-state index contributed by atoms with van der Waals surface area (Å²) in [5.74, 6) is 1.40. The van der Waals surface area contributed by atoms with Gasteiger partial charge in [0, 0.05) is 16.9 Å². The largest absolute Gasteiger partial charge is 0.493 e. The normalized spacial score (nSPS) is 17.1. The van der Waals surface area contributed by atoms with Crippen LogP contribution in [-0.2, 0) is 6.54 Å². The topological polar surface area (TPSA) is 59.6 Å². The first-order valence-electron chi connectivity index (χ1n) is 6.75. The van der Waals surface area contributed by atoms with Gasteiger partial charge in [0.2, 0.25) is 0 Å². The molecular formula is C15H17BrIN3OS. The van der Waals surface area contributed by atoms with Crippen LogP contribution < -0.4 is 15.8 Å². The lowest BCUT2D eigenvalue weighted by molar-refractivity contribution is 0.262. The lowest BCUT2D eigenvalue weighted by Crippen LogP contribution is -2.37. The molecule has 0 amide bonds. The van der Waals surface area contributed by atoms with Gasteiger partial charge in [-0.3, -0.25) is 0 Å². The highest BCUT2D eigenvalue weighted by Crippen LogP contribution is 2.31. The third-order valence-corrected chi connectivity index (χ3v) is 4.92. The second kappa shape index (κ2) is 8.16. The number of ether oxygens (including phenoxy) is 1. The lowest BCUT2D eigenvalue weighted by atomic mass is 10.0. The van der Waals surface area contributed by atoms with Crippen molar-refractivity contribution in [2.24, 2.45) is 10.7 Å². The first-order valence-corrected chi connectivity index (χ1v) is 8.36. The number of rotatable bonds is 3. The van der Waals surface area contributed by atoms with Crippen molar-refractivity contribution in [3.8, 4) is 5.75 Å². The van der Waals surface area contributed by atoms with Crippen molar-refractivity contribution < 1.29 is 4.74 Å². The van der Waals surface area contributed by atoms with Crippen molar-refractivity contribution in [3.63, 3.8) is 0 Å². The molecule has 2 heterocycles. The summed E-state index contributed by atoms with van der Waals surface area (Å²) < 4.78 is 6.75. The molecule has 118 valence electrons. The van der Waals surface area contributed by atoms with E-state index in [0.29, 0.717) is 19.1 Å². The molecule has 3 N–H and O–H groups in total. The Hall–Kier alpha value is -0.800. The molecule has 0 saturated heterocycles. The van der Waals surface area contributed by atoms with Crippen LogP contribution in [0.15, 0.2) is 45.2 Å². The third-order valence-electron chi connectivity index (χ3n) is 3.31. The summed E-state index contributed by atoms with van der Waals surface area (Å²) in [4.78, 5) is 5.59. The molecule has 1 aliphatic rings. The Bertz CT molecular complexity index is 662. The molecule has 1 unspecified atom stereocenters. The lowest BCUT2D eigenvalue weighted by Gasteiger charge is -2.26. The molecular weight excluding hydrogens is 477 g/mol. The number of fused-ring (bicyclic) bond motifs is 1. The molecule has 2 aromatic rings. The fourth-order valence-electron chi connectivity index (χ4n) is 2.32. The Labute approximate surface area is 159 Å². The maximum atomic E-state index is 6.01. The second-order valence-electron chi connectivity index (χ2n) is 4.78. The minimum Gasteiger partial charge on any atom is -0.493 e. The minimum absolute atomic E-state index is 0. The molecule has 7 heteroatoms. The van der Waals surface area contributed by atoms with Crippen molar-refractivity contribution in [2.75, 3.05) is 6.61 Å². The van der Waals surface area contributed by atoms with Gasteiger partial charge in [-0.25, -0.2) is 4.99 Å². The zero-order valence-corrected chi connectivity index (χ0v) is 16.5. The average Bonchev–Trinajstić information content (AvgIpc) is 2.91. The molecule has 0 fully saturated rings. The Morgan fingerprint density at radius 2 is 2.18 bits per heavy atom. The van der Waals surface area contributed by atoms with Gasteiger partial charge in [-0.2, -0.15) is 0 Å². The van der Waals surface area contributed by atoms with Gasteiger partial charge < -0.3 is 15.8 Å². The van der Waals surface area contributed by atoms with Crippen LogP contribution in [-0.4, -0.2) is 12.6 Å². The summed E-state index contributed by atoms with van der Waals surface area (Å²) in [5, 5.41) is 3.29. The fourth-order valence-corrected chi connectivity index (χ4v) is 3.72. The SMILES string of the molecule is I.NC(=NCc1ccc(Br)s1)NC1CCOc2ccccc21. The maximum absolute atomic E-state index is 6.01. The van der Waals surface area contributed by atoms with E-state index in [9.17, 15) is 0 Å². The molecule has 4 nitrogen and oxygen atoms in total. The smallest absolute Gasteiger partial charge is 0.189 e. The van der Waals surface area contributed by atoms with E-state index in [1.165, 1.54) is 4.88 Å². The Morgan fingerprint density at radius 1 is 1.36 bits per heavy atom. The van der Waals surface area contributed by atoms with Gasteiger partial charge in [0.1, 0.15) is 5.75 Å². The maximum Gasteiger partial charge on any atom is 0.189 e. The van der Waals surface area contributed by atoms with Crippen LogP contribution in [0.3, 0.4) is 0 Å². The predicted octanol–water partition coefficient (Wildman–Crippen LogP) is 4.06. The van der Waals surface area contributed by atoms with E-state index < -0.39 is 0 Å². The molecule has 0 saturated carbocycles. The van der Waals surface area contributed by atoms with Crippen LogP contribution >= 0.6 is 51.2 Å². The molecule has 1 aliphatic heterocycles. The van der Waals surface area contributed by atoms with Gasteiger partial charge in [-0.15, -0.1) is 35.3 Å². The first kappa shape index (κ1) is 17.6. The zero-order chi connectivity index (χ0) is 14.7. The van der Waals surface area contributed by atoms with Crippen molar-refractivity contribution in [2.45, 2.75) is 19.0 Å². The quantitative estimate of drug-likeness (QED) is 0.385. The number of nitrogens with zero attached hydrogens (tertiary/aromatic N) is 1. The van der Waals surface area contributed by atoms with Gasteiger partial charge in [0.15, 0.2) is 5.96 Å². The standard InChI is InChI=1S/C15H16BrN3OS.HI/c16-14-6-5-10(21-14)9-18-15(17)19-12-7-8-20-13-4-2-1-3-11(12)13;/h1-6,12H,7-9H2,(H3,17,18,19);1H.